The number of esters is 1. The molecular formula is C24H32F3NO5. The van der Waals surface area contributed by atoms with Crippen molar-refractivity contribution < 1.29 is 37.3 Å². The molecule has 0 amide bonds. The van der Waals surface area contributed by atoms with Gasteiger partial charge in [-0.1, -0.05) is 18.9 Å². The lowest BCUT2D eigenvalue weighted by Gasteiger charge is -2.56. The van der Waals surface area contributed by atoms with E-state index in [0.29, 0.717) is 11.5 Å². The van der Waals surface area contributed by atoms with Gasteiger partial charge in [-0.2, -0.15) is 13.2 Å². The minimum atomic E-state index is -5.08. The Bertz CT molecular complexity index is 876. The molecule has 3 atom stereocenters. The number of ether oxygens (including phenoxy) is 2. The number of carboxylic acids is 1. The van der Waals surface area contributed by atoms with Crippen molar-refractivity contribution in [3.05, 3.63) is 29.3 Å². The van der Waals surface area contributed by atoms with Gasteiger partial charge in [0.25, 0.3) is 0 Å². The standard InChI is InChI=1S/C22H31NO3.C2HF3O2/c1-21(2,3)20(24)26-14-25-16-8-7-15-12-19-17-6-4-5-9-22(17,10-11-23-19)18(15)13-16;3-2(4,5)1(6)7/h7-8,13,17,19,23H,4-6,9-12,14H2,1-3H3;(H,6,7)/t17-,19+,22+;/m0./s1. The van der Waals surface area contributed by atoms with Gasteiger partial charge >= 0.3 is 18.1 Å². The second-order valence-corrected chi connectivity index (χ2v) is 10.1. The lowest BCUT2D eigenvalue weighted by molar-refractivity contribution is -0.192. The van der Waals surface area contributed by atoms with Crippen molar-refractivity contribution in [2.45, 2.75) is 76.9 Å². The van der Waals surface area contributed by atoms with E-state index in [4.69, 9.17) is 19.4 Å². The van der Waals surface area contributed by atoms with Crippen molar-refractivity contribution in [3.63, 3.8) is 0 Å². The molecule has 184 valence electrons. The van der Waals surface area contributed by atoms with E-state index in [9.17, 15) is 18.0 Å². The maximum atomic E-state index is 11.9. The van der Waals surface area contributed by atoms with E-state index in [1.54, 1.807) is 0 Å². The van der Waals surface area contributed by atoms with E-state index >= 15 is 0 Å². The summed E-state index contributed by atoms with van der Waals surface area (Å²) >= 11 is 0. The van der Waals surface area contributed by atoms with Crippen LogP contribution in [0.15, 0.2) is 18.2 Å². The zero-order chi connectivity index (χ0) is 24.4. The first-order chi connectivity index (χ1) is 15.3. The molecule has 0 aromatic heterocycles. The largest absolute Gasteiger partial charge is 0.490 e. The quantitative estimate of drug-likeness (QED) is 0.496. The lowest BCUT2D eigenvalue weighted by Crippen LogP contribution is -2.59. The summed E-state index contributed by atoms with van der Waals surface area (Å²) in [5, 5.41) is 10.9. The summed E-state index contributed by atoms with van der Waals surface area (Å²) in [6, 6.07) is 7.12. The van der Waals surface area contributed by atoms with Crippen molar-refractivity contribution in [2.75, 3.05) is 13.3 Å². The van der Waals surface area contributed by atoms with Crippen LogP contribution in [0.1, 0.15) is 64.0 Å². The van der Waals surface area contributed by atoms with Crippen LogP contribution >= 0.6 is 0 Å². The summed E-state index contributed by atoms with van der Waals surface area (Å²) in [4.78, 5) is 20.8. The average Bonchev–Trinajstić information content (AvgIpc) is 2.73. The third kappa shape index (κ3) is 5.62. The molecule has 2 bridgehead atoms. The number of hydrogen-bond donors (Lipinski definition) is 2. The van der Waals surface area contributed by atoms with Gasteiger partial charge in [-0.3, -0.25) is 4.79 Å². The Kier molecular flexibility index (Phi) is 7.31. The number of hydrogen-bond acceptors (Lipinski definition) is 5. The fourth-order valence-corrected chi connectivity index (χ4v) is 5.36. The molecule has 1 saturated heterocycles. The van der Waals surface area contributed by atoms with Gasteiger partial charge in [0, 0.05) is 11.5 Å². The van der Waals surface area contributed by atoms with E-state index in [-0.39, 0.29) is 12.8 Å². The maximum Gasteiger partial charge on any atom is 0.490 e. The molecule has 33 heavy (non-hydrogen) atoms. The Morgan fingerprint density at radius 1 is 1.18 bits per heavy atom. The first-order valence-electron chi connectivity index (χ1n) is 11.3. The van der Waals surface area contributed by atoms with Crippen LogP contribution in [-0.4, -0.2) is 42.6 Å². The van der Waals surface area contributed by atoms with Crippen LogP contribution in [-0.2, 0) is 26.2 Å². The zero-order valence-electron chi connectivity index (χ0n) is 19.3. The number of carbonyl (C=O) groups is 2. The smallest absolute Gasteiger partial charge is 0.475 e. The third-order valence-electron chi connectivity index (χ3n) is 6.89. The molecule has 0 unspecified atom stereocenters. The van der Waals surface area contributed by atoms with Crippen LogP contribution in [0.4, 0.5) is 13.2 Å². The van der Waals surface area contributed by atoms with Crippen LogP contribution in [0.2, 0.25) is 0 Å². The van der Waals surface area contributed by atoms with Gasteiger partial charge in [0.2, 0.25) is 6.79 Å². The normalized spacial score (nSPS) is 26.1. The molecule has 0 spiro atoms. The number of nitrogens with one attached hydrogen (secondary N) is 1. The van der Waals surface area contributed by atoms with Gasteiger partial charge < -0.3 is 19.9 Å². The van der Waals surface area contributed by atoms with Gasteiger partial charge in [0.1, 0.15) is 5.75 Å². The number of piperidine rings is 1. The number of rotatable bonds is 3. The minimum absolute atomic E-state index is 0.0184. The van der Waals surface area contributed by atoms with Gasteiger partial charge in [-0.15, -0.1) is 0 Å². The van der Waals surface area contributed by atoms with E-state index in [0.717, 1.165) is 24.6 Å². The molecule has 1 saturated carbocycles. The second-order valence-electron chi connectivity index (χ2n) is 10.1. The monoisotopic (exact) mass is 471 g/mol. The summed E-state index contributed by atoms with van der Waals surface area (Å²) < 4.78 is 42.8. The summed E-state index contributed by atoms with van der Waals surface area (Å²) in [6.07, 6.45) is 2.59. The number of alkyl halides is 3. The Morgan fingerprint density at radius 2 is 1.88 bits per heavy atom. The van der Waals surface area contributed by atoms with E-state index < -0.39 is 17.6 Å². The Balaban J connectivity index is 0.000000383. The van der Waals surface area contributed by atoms with Gasteiger partial charge in [0.05, 0.1) is 5.41 Å². The number of aliphatic carboxylic acids is 1. The van der Waals surface area contributed by atoms with Crippen molar-refractivity contribution in [3.8, 4) is 5.75 Å². The van der Waals surface area contributed by atoms with Crippen LogP contribution < -0.4 is 10.1 Å². The third-order valence-corrected chi connectivity index (χ3v) is 6.89. The maximum absolute atomic E-state index is 11.9. The molecule has 3 aliphatic rings. The number of carbonyl (C=O) groups excluding carboxylic acids is 1. The van der Waals surface area contributed by atoms with Crippen LogP contribution in [0.25, 0.3) is 0 Å². The molecule has 2 N–H and O–H groups in total. The molecule has 1 aliphatic heterocycles. The lowest BCUT2D eigenvalue weighted by atomic mass is 9.53. The highest BCUT2D eigenvalue weighted by molar-refractivity contribution is 5.75. The number of fused-ring (bicyclic) bond motifs is 1. The van der Waals surface area contributed by atoms with E-state index in [1.807, 2.05) is 26.8 Å². The second kappa shape index (κ2) is 9.52. The first kappa shape index (κ1) is 25.3. The Labute approximate surface area is 191 Å². The molecule has 6 nitrogen and oxygen atoms in total. The van der Waals surface area contributed by atoms with Crippen LogP contribution in [0.5, 0.6) is 5.75 Å². The average molecular weight is 472 g/mol. The first-order valence-corrected chi connectivity index (χ1v) is 11.3. The molecular weight excluding hydrogens is 439 g/mol. The topological polar surface area (TPSA) is 84.9 Å². The molecule has 2 aliphatic carbocycles. The fourth-order valence-electron chi connectivity index (χ4n) is 5.36. The summed E-state index contributed by atoms with van der Waals surface area (Å²) in [5.41, 5.74) is 2.79. The molecule has 9 heteroatoms. The van der Waals surface area contributed by atoms with Crippen molar-refractivity contribution in [1.29, 1.82) is 0 Å². The number of halogens is 3. The van der Waals surface area contributed by atoms with Crippen LogP contribution in [0.3, 0.4) is 0 Å². The molecule has 2 fully saturated rings. The molecule has 0 radical (unpaired) electrons. The molecule has 4 rings (SSSR count). The van der Waals surface area contributed by atoms with Gasteiger partial charge in [-0.25, -0.2) is 4.79 Å². The molecule has 1 aromatic rings. The number of benzene rings is 1. The SMILES string of the molecule is CC(C)(C)C(=O)OCOc1ccc2c(c1)[C@@]13CCCC[C@H]1[C@@H](C2)NCC3.O=C(O)C(F)(F)F. The summed E-state index contributed by atoms with van der Waals surface area (Å²) in [5.74, 6) is -1.41. The van der Waals surface area contributed by atoms with Gasteiger partial charge in [-0.05, 0) is 82.2 Å². The predicted molar refractivity (Wildman–Crippen MR) is 115 cm³/mol. The Morgan fingerprint density at radius 3 is 2.52 bits per heavy atom. The van der Waals surface area contributed by atoms with Crippen molar-refractivity contribution in [1.82, 2.24) is 5.32 Å². The molecule has 1 aromatic carbocycles. The van der Waals surface area contributed by atoms with E-state index in [2.05, 4.69) is 17.4 Å². The van der Waals surface area contributed by atoms with E-state index in [1.165, 1.54) is 43.2 Å². The highest BCUT2D eigenvalue weighted by atomic mass is 19.4. The predicted octanol–water partition coefficient (Wildman–Crippen LogP) is 4.59. The Hall–Kier alpha value is -2.29. The van der Waals surface area contributed by atoms with Crippen molar-refractivity contribution in [2.24, 2.45) is 11.3 Å². The highest BCUT2D eigenvalue weighted by Gasteiger charge is 2.51. The van der Waals surface area contributed by atoms with Crippen molar-refractivity contribution >= 4 is 11.9 Å². The van der Waals surface area contributed by atoms with Crippen LogP contribution in [0, 0.1) is 11.3 Å². The minimum Gasteiger partial charge on any atom is -0.475 e. The molecule has 1 heterocycles. The summed E-state index contributed by atoms with van der Waals surface area (Å²) in [7, 11) is 0. The number of carboxylic acid groups (broad SMARTS) is 1. The fraction of sp³-hybridized carbons (Fsp3) is 0.667. The zero-order valence-corrected chi connectivity index (χ0v) is 19.3. The highest BCUT2D eigenvalue weighted by Crippen LogP contribution is 2.54. The summed E-state index contributed by atoms with van der Waals surface area (Å²) in [6.45, 7) is 6.66. The van der Waals surface area contributed by atoms with Gasteiger partial charge in [0.15, 0.2) is 0 Å².